The number of rotatable bonds is 14. The molecule has 0 saturated heterocycles. The van der Waals surface area contributed by atoms with E-state index in [1.165, 1.54) is 48.5 Å². The van der Waals surface area contributed by atoms with Crippen LogP contribution in [-0.4, -0.2) is 48.5 Å². The molecule has 0 fully saturated rings. The zero-order chi connectivity index (χ0) is 41.7. The van der Waals surface area contributed by atoms with Crippen molar-refractivity contribution in [2.75, 3.05) is 45.8 Å². The van der Waals surface area contributed by atoms with Crippen LogP contribution in [0.1, 0.15) is 68.6 Å². The van der Waals surface area contributed by atoms with E-state index in [-0.39, 0.29) is 47.0 Å². The highest BCUT2D eigenvalue weighted by molar-refractivity contribution is 6.10. The monoisotopic (exact) mass is 788 g/mol. The van der Waals surface area contributed by atoms with Gasteiger partial charge in [-0.1, -0.05) is 48.5 Å². The molecule has 0 saturated carbocycles. The molecule has 6 rings (SSSR count). The van der Waals surface area contributed by atoms with Crippen molar-refractivity contribution in [3.63, 3.8) is 0 Å². The number of carbonyl (C=O) groups is 6. The second-order valence-electron chi connectivity index (χ2n) is 13.3. The Bertz CT molecular complexity index is 2350. The van der Waals surface area contributed by atoms with Gasteiger partial charge in [-0.3, -0.25) is 28.8 Å². The van der Waals surface area contributed by atoms with Gasteiger partial charge in [0.25, 0.3) is 35.4 Å². The van der Waals surface area contributed by atoms with Crippen LogP contribution >= 0.6 is 0 Å². The Morgan fingerprint density at radius 1 is 0.339 bits per heavy atom. The molecule has 0 aliphatic carbocycles. The lowest BCUT2D eigenvalue weighted by Crippen LogP contribution is -2.30. The summed E-state index contributed by atoms with van der Waals surface area (Å²) in [6.07, 6.45) is 0.324. The van der Waals surface area contributed by atoms with Crippen molar-refractivity contribution in [1.82, 2.24) is 10.6 Å². The number of carbonyl (C=O) groups excluding carboxylic acids is 6. The van der Waals surface area contributed by atoms with Crippen LogP contribution in [0.5, 0.6) is 0 Å². The minimum atomic E-state index is -0.492. The van der Waals surface area contributed by atoms with E-state index in [1.54, 1.807) is 97.1 Å². The normalized spacial score (nSPS) is 10.4. The van der Waals surface area contributed by atoms with Crippen molar-refractivity contribution >= 4 is 69.6 Å². The number of hydrogen-bond donors (Lipinski definition) is 8. The van der Waals surface area contributed by atoms with Gasteiger partial charge < -0.3 is 43.4 Å². The SMILES string of the molecule is Nc1cccc(C(=O)Nc2cc(NC(=O)c3ccccc3)cc(C(=O)NCCCNC(=O)c3cc(NC(=O)c4ccccc4)cc(NC(=O)c4cccc(N)c4)c3)c2)c1. The fourth-order valence-corrected chi connectivity index (χ4v) is 5.85. The van der Waals surface area contributed by atoms with Gasteiger partial charge >= 0.3 is 0 Å². The fourth-order valence-electron chi connectivity index (χ4n) is 5.85. The van der Waals surface area contributed by atoms with E-state index < -0.39 is 35.4 Å². The summed E-state index contributed by atoms with van der Waals surface area (Å²) in [4.78, 5) is 78.8. The largest absolute Gasteiger partial charge is 0.399 e. The summed E-state index contributed by atoms with van der Waals surface area (Å²) in [5.74, 6) is -2.74. The van der Waals surface area contributed by atoms with Gasteiger partial charge in [0.15, 0.2) is 0 Å². The van der Waals surface area contributed by atoms with Gasteiger partial charge in [0.05, 0.1) is 0 Å². The predicted octanol–water partition coefficient (Wildman–Crippen LogP) is 6.41. The Kier molecular flexibility index (Phi) is 13.1. The Labute approximate surface area is 339 Å². The smallest absolute Gasteiger partial charge is 0.255 e. The second-order valence-corrected chi connectivity index (χ2v) is 13.3. The first-order chi connectivity index (χ1) is 28.5. The highest BCUT2D eigenvalue weighted by Crippen LogP contribution is 2.23. The van der Waals surface area contributed by atoms with E-state index in [0.717, 1.165) is 0 Å². The first-order valence-electron chi connectivity index (χ1n) is 18.4. The lowest BCUT2D eigenvalue weighted by atomic mass is 10.1. The first-order valence-corrected chi connectivity index (χ1v) is 18.4. The average Bonchev–Trinajstić information content (AvgIpc) is 3.23. The maximum atomic E-state index is 13.4. The molecule has 0 atom stereocenters. The maximum absolute atomic E-state index is 13.4. The van der Waals surface area contributed by atoms with Gasteiger partial charge in [-0.15, -0.1) is 0 Å². The molecule has 0 aliphatic rings. The summed E-state index contributed by atoms with van der Waals surface area (Å²) < 4.78 is 0. The van der Waals surface area contributed by atoms with Crippen LogP contribution in [-0.2, 0) is 0 Å². The summed E-state index contributed by atoms with van der Waals surface area (Å²) in [5.41, 5.74) is 15.3. The van der Waals surface area contributed by atoms with Crippen molar-refractivity contribution < 1.29 is 28.8 Å². The van der Waals surface area contributed by atoms with Crippen molar-refractivity contribution in [2.45, 2.75) is 6.42 Å². The molecule has 0 aromatic heterocycles. The quantitative estimate of drug-likeness (QED) is 0.0453. The molecule has 6 aromatic rings. The number of benzene rings is 6. The molecule has 0 unspecified atom stereocenters. The zero-order valence-electron chi connectivity index (χ0n) is 31.6. The maximum Gasteiger partial charge on any atom is 0.255 e. The number of hydrogen-bond acceptors (Lipinski definition) is 8. The molecule has 0 radical (unpaired) electrons. The molecule has 6 amide bonds. The molecule has 0 spiro atoms. The molecular weight excluding hydrogens is 749 g/mol. The van der Waals surface area contributed by atoms with E-state index >= 15 is 0 Å². The molecule has 0 heterocycles. The van der Waals surface area contributed by atoms with E-state index in [9.17, 15) is 28.8 Å². The first kappa shape index (κ1) is 40.4. The van der Waals surface area contributed by atoms with Gasteiger partial charge in [0, 0.05) is 80.6 Å². The predicted molar refractivity (Wildman–Crippen MR) is 229 cm³/mol. The van der Waals surface area contributed by atoms with Gasteiger partial charge in [-0.2, -0.15) is 0 Å². The molecule has 14 nitrogen and oxygen atoms in total. The summed E-state index contributed by atoms with van der Waals surface area (Å²) in [6.45, 7) is 0.304. The standard InChI is InChI=1S/C45H40N8O6/c46-34-16-7-14-30(20-34)44(58)52-38-24-32(22-36(26-38)50-42(56)28-10-3-1-4-11-28)40(54)48-18-9-19-49-41(55)33-23-37(51-43(57)29-12-5-2-6-13-29)27-39(25-33)53-45(59)31-15-8-17-35(47)21-31/h1-8,10-17,20-27H,9,18-19,46-47H2,(H,48,54)(H,49,55)(H,50,56)(H,51,57)(H,52,58)(H,53,59). The van der Waals surface area contributed by atoms with Crippen LogP contribution in [0.3, 0.4) is 0 Å². The highest BCUT2D eigenvalue weighted by Gasteiger charge is 2.16. The van der Waals surface area contributed by atoms with Crippen LogP contribution in [0, 0.1) is 0 Å². The van der Waals surface area contributed by atoms with Gasteiger partial charge in [0.2, 0.25) is 0 Å². The molecule has 0 aliphatic heterocycles. The summed E-state index contributed by atoms with van der Waals surface area (Å²) in [6, 6.07) is 38.9. The van der Waals surface area contributed by atoms with Crippen molar-refractivity contribution in [2.24, 2.45) is 0 Å². The number of nitrogen functional groups attached to an aromatic ring is 2. The van der Waals surface area contributed by atoms with Crippen molar-refractivity contribution in [1.29, 1.82) is 0 Å². The summed E-state index contributed by atoms with van der Waals surface area (Å²) in [5, 5.41) is 16.7. The van der Waals surface area contributed by atoms with Gasteiger partial charge in [-0.05, 0) is 103 Å². The Morgan fingerprint density at radius 2 is 0.661 bits per heavy atom. The van der Waals surface area contributed by atoms with E-state index in [0.29, 0.717) is 40.0 Å². The van der Waals surface area contributed by atoms with E-state index in [1.807, 2.05) is 0 Å². The summed E-state index contributed by atoms with van der Waals surface area (Å²) >= 11 is 0. The third kappa shape index (κ3) is 11.4. The molecule has 296 valence electrons. The minimum absolute atomic E-state index is 0.152. The molecule has 0 bridgehead atoms. The number of nitrogens with two attached hydrogens (primary N) is 2. The third-order valence-corrected chi connectivity index (χ3v) is 8.72. The van der Waals surface area contributed by atoms with E-state index in [4.69, 9.17) is 11.5 Å². The number of anilines is 6. The Hall–Kier alpha value is -8.26. The summed E-state index contributed by atoms with van der Waals surface area (Å²) in [7, 11) is 0. The average molecular weight is 789 g/mol. The molecule has 14 heteroatoms. The molecule has 59 heavy (non-hydrogen) atoms. The lowest BCUT2D eigenvalue weighted by molar-refractivity contribution is 0.0945. The van der Waals surface area contributed by atoms with E-state index in [2.05, 4.69) is 31.9 Å². The van der Waals surface area contributed by atoms with Crippen molar-refractivity contribution in [3.8, 4) is 0 Å². The van der Waals surface area contributed by atoms with Crippen LogP contribution in [0.25, 0.3) is 0 Å². The van der Waals surface area contributed by atoms with Crippen molar-refractivity contribution in [3.05, 3.63) is 179 Å². The topological polar surface area (TPSA) is 227 Å². The fraction of sp³-hybridized carbons (Fsp3) is 0.0667. The molecule has 10 N–H and O–H groups in total. The van der Waals surface area contributed by atoms with Gasteiger partial charge in [-0.25, -0.2) is 0 Å². The van der Waals surface area contributed by atoms with Crippen LogP contribution in [0.2, 0.25) is 0 Å². The lowest BCUT2D eigenvalue weighted by Gasteiger charge is -2.14. The minimum Gasteiger partial charge on any atom is -0.399 e. The Morgan fingerprint density at radius 3 is 1.00 bits per heavy atom. The second kappa shape index (κ2) is 19.1. The number of nitrogens with one attached hydrogen (secondary N) is 6. The highest BCUT2D eigenvalue weighted by atomic mass is 16.2. The molecular formula is C45H40N8O6. The van der Waals surface area contributed by atoms with Gasteiger partial charge in [0.1, 0.15) is 0 Å². The molecule has 6 aromatic carbocycles. The van der Waals surface area contributed by atoms with Crippen LogP contribution in [0.4, 0.5) is 34.1 Å². The Balaban J connectivity index is 1.11. The van der Waals surface area contributed by atoms with Crippen LogP contribution in [0.15, 0.2) is 146 Å². The third-order valence-electron chi connectivity index (χ3n) is 8.72. The number of amides is 6. The van der Waals surface area contributed by atoms with Crippen LogP contribution < -0.4 is 43.4 Å². The zero-order valence-corrected chi connectivity index (χ0v) is 31.6.